The van der Waals surface area contributed by atoms with Gasteiger partial charge < -0.3 is 10.1 Å². The van der Waals surface area contributed by atoms with Crippen molar-refractivity contribution in [3.63, 3.8) is 0 Å². The Kier molecular flexibility index (Phi) is 4.44. The molecule has 1 aromatic carbocycles. The van der Waals surface area contributed by atoms with E-state index in [4.69, 9.17) is 4.74 Å². The van der Waals surface area contributed by atoms with Gasteiger partial charge in [-0.3, -0.25) is 0 Å². The molecule has 0 aliphatic heterocycles. The molecule has 1 amide bonds. The summed E-state index contributed by atoms with van der Waals surface area (Å²) in [7, 11) is 0. The summed E-state index contributed by atoms with van der Waals surface area (Å²) in [6, 6.07) is 5.09. The summed E-state index contributed by atoms with van der Waals surface area (Å²) in [6.45, 7) is 4.80. The van der Waals surface area contributed by atoms with Crippen LogP contribution >= 0.6 is 0 Å². The highest BCUT2D eigenvalue weighted by molar-refractivity contribution is 5.67. The highest BCUT2D eigenvalue weighted by Gasteiger charge is 2.32. The topological polar surface area (TPSA) is 38.3 Å². The monoisotopic (exact) mass is 275 g/mol. The van der Waals surface area contributed by atoms with E-state index >= 15 is 0 Å². The van der Waals surface area contributed by atoms with E-state index in [1.807, 2.05) is 0 Å². The SMILES string of the molecule is CC(C)(C)OC(=O)NCc1ccccc1C(F)(F)F. The van der Waals surface area contributed by atoms with E-state index < -0.39 is 23.4 Å². The Bertz CT molecular complexity index is 450. The molecule has 0 saturated carbocycles. The van der Waals surface area contributed by atoms with Crippen LogP contribution in [0.25, 0.3) is 0 Å². The van der Waals surface area contributed by atoms with Crippen LogP contribution in [0.15, 0.2) is 24.3 Å². The third-order valence-corrected chi connectivity index (χ3v) is 2.14. The second-order valence-corrected chi connectivity index (χ2v) is 5.01. The van der Waals surface area contributed by atoms with Gasteiger partial charge >= 0.3 is 12.3 Å². The van der Waals surface area contributed by atoms with Gasteiger partial charge in [-0.05, 0) is 32.4 Å². The molecular formula is C13H16F3NO2. The highest BCUT2D eigenvalue weighted by Crippen LogP contribution is 2.31. The summed E-state index contributed by atoms with van der Waals surface area (Å²) in [5.41, 5.74) is -1.44. The Morgan fingerprint density at radius 3 is 2.32 bits per heavy atom. The van der Waals surface area contributed by atoms with Crippen molar-refractivity contribution in [2.75, 3.05) is 0 Å². The molecule has 0 fully saturated rings. The molecule has 0 aromatic heterocycles. The van der Waals surface area contributed by atoms with Crippen LogP contribution in [-0.2, 0) is 17.5 Å². The summed E-state index contributed by atoms with van der Waals surface area (Å²) in [6.07, 6.45) is -5.18. The average Bonchev–Trinajstić information content (AvgIpc) is 2.23. The largest absolute Gasteiger partial charge is 0.444 e. The molecule has 106 valence electrons. The Morgan fingerprint density at radius 2 is 1.79 bits per heavy atom. The molecule has 0 atom stereocenters. The molecule has 0 spiro atoms. The molecule has 0 heterocycles. The van der Waals surface area contributed by atoms with Gasteiger partial charge in [0.15, 0.2) is 0 Å². The lowest BCUT2D eigenvalue weighted by Gasteiger charge is -2.20. The maximum atomic E-state index is 12.7. The molecule has 1 rings (SSSR count). The number of carbonyl (C=O) groups is 1. The lowest BCUT2D eigenvalue weighted by Crippen LogP contribution is -2.32. The minimum absolute atomic E-state index is 0.000796. The predicted molar refractivity (Wildman–Crippen MR) is 64.5 cm³/mol. The van der Waals surface area contributed by atoms with E-state index in [9.17, 15) is 18.0 Å². The number of rotatable bonds is 2. The van der Waals surface area contributed by atoms with E-state index in [0.29, 0.717) is 0 Å². The fourth-order valence-electron chi connectivity index (χ4n) is 1.43. The van der Waals surface area contributed by atoms with Crippen LogP contribution in [0.3, 0.4) is 0 Å². The normalized spacial score (nSPS) is 12.1. The number of hydrogen-bond donors (Lipinski definition) is 1. The van der Waals surface area contributed by atoms with E-state index in [-0.39, 0.29) is 12.1 Å². The van der Waals surface area contributed by atoms with Gasteiger partial charge in [-0.2, -0.15) is 13.2 Å². The first-order valence-electron chi connectivity index (χ1n) is 5.71. The van der Waals surface area contributed by atoms with Crippen LogP contribution < -0.4 is 5.32 Å². The fourth-order valence-corrected chi connectivity index (χ4v) is 1.43. The van der Waals surface area contributed by atoms with Gasteiger partial charge in [0, 0.05) is 6.54 Å². The number of alkyl carbamates (subject to hydrolysis) is 1. The number of amides is 1. The maximum Gasteiger partial charge on any atom is 0.416 e. The molecule has 0 unspecified atom stereocenters. The van der Waals surface area contributed by atoms with Gasteiger partial charge in [-0.25, -0.2) is 4.79 Å². The number of alkyl halides is 3. The number of nitrogens with one attached hydrogen (secondary N) is 1. The summed E-state index contributed by atoms with van der Waals surface area (Å²) in [4.78, 5) is 11.4. The number of halogens is 3. The van der Waals surface area contributed by atoms with Gasteiger partial charge in [0.2, 0.25) is 0 Å². The molecule has 0 radical (unpaired) electrons. The smallest absolute Gasteiger partial charge is 0.416 e. The second kappa shape index (κ2) is 5.50. The third kappa shape index (κ3) is 5.19. The Morgan fingerprint density at radius 1 is 1.21 bits per heavy atom. The Balaban J connectivity index is 2.71. The zero-order valence-corrected chi connectivity index (χ0v) is 11.0. The molecule has 19 heavy (non-hydrogen) atoms. The maximum absolute atomic E-state index is 12.7. The van der Waals surface area contributed by atoms with Gasteiger partial charge in [0.1, 0.15) is 5.60 Å². The molecule has 3 nitrogen and oxygen atoms in total. The molecule has 0 aliphatic carbocycles. The molecule has 6 heteroatoms. The van der Waals surface area contributed by atoms with Crippen LogP contribution in [0.2, 0.25) is 0 Å². The van der Waals surface area contributed by atoms with Crippen LogP contribution in [0.5, 0.6) is 0 Å². The molecule has 0 aliphatic rings. The van der Waals surface area contributed by atoms with Crippen molar-refractivity contribution in [3.05, 3.63) is 35.4 Å². The van der Waals surface area contributed by atoms with Crippen LogP contribution in [-0.4, -0.2) is 11.7 Å². The first-order valence-corrected chi connectivity index (χ1v) is 5.71. The minimum atomic E-state index is -4.44. The van der Waals surface area contributed by atoms with Crippen molar-refractivity contribution in [1.82, 2.24) is 5.32 Å². The van der Waals surface area contributed by atoms with Gasteiger partial charge in [0.05, 0.1) is 5.56 Å². The van der Waals surface area contributed by atoms with E-state index in [1.165, 1.54) is 18.2 Å². The fraction of sp³-hybridized carbons (Fsp3) is 0.462. The minimum Gasteiger partial charge on any atom is -0.444 e. The van der Waals surface area contributed by atoms with E-state index in [1.54, 1.807) is 20.8 Å². The third-order valence-electron chi connectivity index (χ3n) is 2.14. The number of carbonyl (C=O) groups excluding carboxylic acids is 1. The van der Waals surface area contributed by atoms with Gasteiger partial charge in [0.25, 0.3) is 0 Å². The second-order valence-electron chi connectivity index (χ2n) is 5.01. The first kappa shape index (κ1) is 15.3. The molecule has 0 bridgehead atoms. The number of hydrogen-bond acceptors (Lipinski definition) is 2. The molecule has 0 saturated heterocycles. The van der Waals surface area contributed by atoms with Crippen LogP contribution in [0.4, 0.5) is 18.0 Å². The van der Waals surface area contributed by atoms with Crippen molar-refractivity contribution >= 4 is 6.09 Å². The van der Waals surface area contributed by atoms with Crippen molar-refractivity contribution < 1.29 is 22.7 Å². The summed E-state index contributed by atoms with van der Waals surface area (Å²) >= 11 is 0. The lowest BCUT2D eigenvalue weighted by atomic mass is 10.1. The molecule has 1 N–H and O–H groups in total. The summed E-state index contributed by atoms with van der Waals surface area (Å²) < 4.78 is 43.1. The summed E-state index contributed by atoms with van der Waals surface area (Å²) in [5.74, 6) is 0. The summed E-state index contributed by atoms with van der Waals surface area (Å²) in [5, 5.41) is 2.31. The Labute approximate surface area is 109 Å². The van der Waals surface area contributed by atoms with E-state index in [2.05, 4.69) is 5.32 Å². The molecular weight excluding hydrogens is 259 g/mol. The Hall–Kier alpha value is -1.72. The van der Waals surface area contributed by atoms with Gasteiger partial charge in [-0.1, -0.05) is 18.2 Å². The van der Waals surface area contributed by atoms with Crippen LogP contribution in [0.1, 0.15) is 31.9 Å². The average molecular weight is 275 g/mol. The highest BCUT2D eigenvalue weighted by atomic mass is 19.4. The number of benzene rings is 1. The van der Waals surface area contributed by atoms with Crippen molar-refractivity contribution in [2.24, 2.45) is 0 Å². The first-order chi connectivity index (χ1) is 8.59. The zero-order valence-electron chi connectivity index (χ0n) is 11.0. The van der Waals surface area contributed by atoms with Crippen molar-refractivity contribution in [3.8, 4) is 0 Å². The van der Waals surface area contributed by atoms with Crippen molar-refractivity contribution in [1.29, 1.82) is 0 Å². The quantitative estimate of drug-likeness (QED) is 0.893. The standard InChI is InChI=1S/C13H16F3NO2/c1-12(2,3)19-11(18)17-8-9-6-4-5-7-10(9)13(14,15)16/h4-7H,8H2,1-3H3,(H,17,18). The van der Waals surface area contributed by atoms with Crippen molar-refractivity contribution in [2.45, 2.75) is 39.1 Å². The van der Waals surface area contributed by atoms with Gasteiger partial charge in [-0.15, -0.1) is 0 Å². The lowest BCUT2D eigenvalue weighted by molar-refractivity contribution is -0.138. The zero-order chi connectivity index (χ0) is 14.7. The van der Waals surface area contributed by atoms with E-state index in [0.717, 1.165) is 6.07 Å². The van der Waals surface area contributed by atoms with Crippen LogP contribution in [0, 0.1) is 0 Å². The predicted octanol–water partition coefficient (Wildman–Crippen LogP) is 3.73. The molecule has 1 aromatic rings. The number of ether oxygens (including phenoxy) is 1.